The van der Waals surface area contributed by atoms with Gasteiger partial charge in [-0.05, 0) is 54.7 Å². The smallest absolute Gasteiger partial charge is 0.225 e. The van der Waals surface area contributed by atoms with Gasteiger partial charge in [0.05, 0.1) is 35.1 Å². The van der Waals surface area contributed by atoms with Crippen molar-refractivity contribution in [3.63, 3.8) is 0 Å². The van der Waals surface area contributed by atoms with E-state index in [0.29, 0.717) is 48.0 Å². The molecule has 186 valence electrons. The van der Waals surface area contributed by atoms with Crippen molar-refractivity contribution in [3.8, 4) is 0 Å². The van der Waals surface area contributed by atoms with E-state index in [2.05, 4.69) is 33.4 Å². The number of carbonyl (C=O) groups is 1. The Hall–Kier alpha value is -3.13. The Morgan fingerprint density at radius 2 is 2.14 bits per heavy atom. The molecule has 0 bridgehead atoms. The van der Waals surface area contributed by atoms with Crippen LogP contribution in [0.25, 0.3) is 0 Å². The van der Waals surface area contributed by atoms with Crippen LogP contribution < -0.4 is 5.73 Å². The van der Waals surface area contributed by atoms with Gasteiger partial charge in [0.2, 0.25) is 5.91 Å². The van der Waals surface area contributed by atoms with Gasteiger partial charge in [-0.2, -0.15) is 0 Å². The van der Waals surface area contributed by atoms with Crippen LogP contribution in [-0.2, 0) is 37.3 Å². The van der Waals surface area contributed by atoms with Crippen LogP contribution >= 0.6 is 11.6 Å². The summed E-state index contributed by atoms with van der Waals surface area (Å²) in [5.74, 6) is -0.745. The van der Waals surface area contributed by atoms with E-state index in [-0.39, 0.29) is 18.0 Å². The molecule has 1 aliphatic heterocycles. The third kappa shape index (κ3) is 6.72. The van der Waals surface area contributed by atoms with Gasteiger partial charge in [0.25, 0.3) is 0 Å². The fourth-order valence-electron chi connectivity index (χ4n) is 3.92. The number of rotatable bonds is 10. The van der Waals surface area contributed by atoms with Crippen molar-refractivity contribution < 1.29 is 13.6 Å². The van der Waals surface area contributed by atoms with Gasteiger partial charge in [-0.1, -0.05) is 31.2 Å². The first-order chi connectivity index (χ1) is 16.7. The van der Waals surface area contributed by atoms with Gasteiger partial charge < -0.3 is 10.6 Å². The molecule has 1 aromatic heterocycles. The van der Waals surface area contributed by atoms with Crippen molar-refractivity contribution in [2.75, 3.05) is 6.54 Å². The Balaban J connectivity index is 2.01. The molecule has 0 saturated carbocycles. The largest absolute Gasteiger partial charge is 0.369 e. The number of nitrogens with two attached hydrogens (primary N) is 1. The second-order valence-electron chi connectivity index (χ2n) is 8.52. The molecule has 0 saturated heterocycles. The molecule has 1 aromatic carbocycles. The molecule has 0 spiro atoms. The van der Waals surface area contributed by atoms with Gasteiger partial charge in [-0.15, -0.1) is 0 Å². The predicted octanol–water partition coefficient (Wildman–Crippen LogP) is 4.57. The maximum absolute atomic E-state index is 13.6. The summed E-state index contributed by atoms with van der Waals surface area (Å²) in [6.07, 6.45) is 5.02. The number of carbonyl (C=O) groups excluding carboxylic acids is 1. The van der Waals surface area contributed by atoms with Gasteiger partial charge in [-0.25, -0.2) is 18.7 Å². The molecule has 1 aliphatic rings. The lowest BCUT2D eigenvalue weighted by Gasteiger charge is -2.32. The second kappa shape index (κ2) is 12.0. The SMILES string of the molecule is C=C/C(Cl)=C(\C=N/C(C)CC)N1CCc2c(Cc3ccc(F)cc3CF)nc(CC(N)=O)nc2C1. The van der Waals surface area contributed by atoms with Crippen LogP contribution in [0.1, 0.15) is 54.2 Å². The van der Waals surface area contributed by atoms with Crippen molar-refractivity contribution in [3.05, 3.63) is 81.3 Å². The molecule has 1 atom stereocenters. The molecule has 1 amide bonds. The number of hydrogen-bond acceptors (Lipinski definition) is 5. The Bertz CT molecular complexity index is 1160. The maximum Gasteiger partial charge on any atom is 0.225 e. The van der Waals surface area contributed by atoms with E-state index in [0.717, 1.165) is 23.4 Å². The van der Waals surface area contributed by atoms with Crippen molar-refractivity contribution in [2.45, 2.75) is 58.8 Å². The maximum atomic E-state index is 13.6. The number of aromatic nitrogens is 2. The molecule has 2 aromatic rings. The minimum Gasteiger partial charge on any atom is -0.369 e. The van der Waals surface area contributed by atoms with Gasteiger partial charge >= 0.3 is 0 Å². The first-order valence-corrected chi connectivity index (χ1v) is 11.9. The number of primary amides is 1. The van der Waals surface area contributed by atoms with Gasteiger partial charge in [0.15, 0.2) is 0 Å². The van der Waals surface area contributed by atoms with E-state index in [4.69, 9.17) is 17.3 Å². The highest BCUT2D eigenvalue weighted by molar-refractivity contribution is 6.32. The summed E-state index contributed by atoms with van der Waals surface area (Å²) in [5, 5.41) is 0.478. The van der Waals surface area contributed by atoms with Crippen LogP contribution in [0, 0.1) is 5.82 Å². The number of alkyl halides is 1. The van der Waals surface area contributed by atoms with Crippen LogP contribution in [0.4, 0.5) is 8.78 Å². The van der Waals surface area contributed by atoms with Crippen LogP contribution in [0.2, 0.25) is 0 Å². The average Bonchev–Trinajstić information content (AvgIpc) is 2.84. The number of aliphatic imine (C=N–C) groups is 1. The van der Waals surface area contributed by atoms with E-state index in [1.54, 1.807) is 18.4 Å². The van der Waals surface area contributed by atoms with Crippen molar-refractivity contribution in [1.29, 1.82) is 0 Å². The third-order valence-electron chi connectivity index (χ3n) is 6.01. The van der Waals surface area contributed by atoms with Gasteiger partial charge in [-0.3, -0.25) is 9.79 Å². The first kappa shape index (κ1) is 26.5. The monoisotopic (exact) mass is 501 g/mol. The molecular formula is C26H30ClF2N5O. The van der Waals surface area contributed by atoms with Crippen LogP contribution in [-0.4, -0.2) is 39.6 Å². The number of amides is 1. The zero-order chi connectivity index (χ0) is 25.5. The van der Waals surface area contributed by atoms with E-state index < -0.39 is 18.4 Å². The fourth-order valence-corrected chi connectivity index (χ4v) is 4.09. The summed E-state index contributed by atoms with van der Waals surface area (Å²) in [5.41, 5.74) is 9.40. The fraction of sp³-hybridized carbons (Fsp3) is 0.385. The zero-order valence-electron chi connectivity index (χ0n) is 20.0. The standard InChI is InChI=1S/C26H30ClF2N5O/c1-4-16(3)31-14-24(21(27)5-2)34-9-8-20-22(11-17-6-7-19(29)10-18(17)13-28)32-26(12-25(30)35)33-23(20)15-34/h5-7,10,14,16H,2,4,8-9,11-13,15H2,1,3H3,(H2,30,35)/b24-21-,31-14-. The third-order valence-corrected chi connectivity index (χ3v) is 6.35. The summed E-state index contributed by atoms with van der Waals surface area (Å²) in [4.78, 5) is 27.5. The quantitative estimate of drug-likeness (QED) is 0.382. The molecule has 0 aliphatic carbocycles. The van der Waals surface area contributed by atoms with E-state index in [1.165, 1.54) is 12.1 Å². The molecule has 2 heterocycles. The molecule has 0 radical (unpaired) electrons. The highest BCUT2D eigenvalue weighted by Gasteiger charge is 2.25. The van der Waals surface area contributed by atoms with Crippen LogP contribution in [0.5, 0.6) is 0 Å². The molecular weight excluding hydrogens is 472 g/mol. The van der Waals surface area contributed by atoms with Crippen LogP contribution in [0.15, 0.2) is 46.6 Å². The summed E-state index contributed by atoms with van der Waals surface area (Å²) in [7, 11) is 0. The Morgan fingerprint density at radius 3 is 2.80 bits per heavy atom. The van der Waals surface area contributed by atoms with E-state index >= 15 is 0 Å². The van der Waals surface area contributed by atoms with Crippen molar-refractivity contribution in [2.24, 2.45) is 10.7 Å². The zero-order valence-corrected chi connectivity index (χ0v) is 20.8. The molecule has 1 unspecified atom stereocenters. The lowest BCUT2D eigenvalue weighted by molar-refractivity contribution is -0.117. The molecule has 6 nitrogen and oxygen atoms in total. The summed E-state index contributed by atoms with van der Waals surface area (Å²) < 4.78 is 27.2. The highest BCUT2D eigenvalue weighted by atomic mass is 35.5. The van der Waals surface area contributed by atoms with Gasteiger partial charge in [0.1, 0.15) is 18.3 Å². The number of halogens is 3. The first-order valence-electron chi connectivity index (χ1n) is 11.5. The van der Waals surface area contributed by atoms with Crippen molar-refractivity contribution >= 4 is 23.7 Å². The lowest BCUT2D eigenvalue weighted by Crippen LogP contribution is -2.33. The summed E-state index contributed by atoms with van der Waals surface area (Å²) in [6, 6.07) is 4.21. The summed E-state index contributed by atoms with van der Waals surface area (Å²) >= 11 is 6.47. The molecule has 0 fully saturated rings. The predicted molar refractivity (Wildman–Crippen MR) is 134 cm³/mol. The number of fused-ring (bicyclic) bond motifs is 1. The van der Waals surface area contributed by atoms with Gasteiger partial charge in [0, 0.05) is 25.2 Å². The molecule has 3 rings (SSSR count). The second-order valence-corrected chi connectivity index (χ2v) is 8.93. The van der Waals surface area contributed by atoms with Crippen LogP contribution in [0.3, 0.4) is 0 Å². The molecule has 9 heteroatoms. The Kier molecular flexibility index (Phi) is 9.09. The average molecular weight is 502 g/mol. The summed E-state index contributed by atoms with van der Waals surface area (Å²) in [6.45, 7) is 8.13. The van der Waals surface area contributed by atoms with E-state index in [9.17, 15) is 13.6 Å². The number of allylic oxidation sites excluding steroid dienone is 3. The molecule has 2 N–H and O–H groups in total. The minimum atomic E-state index is -0.786. The number of hydrogen-bond donors (Lipinski definition) is 1. The normalized spacial score (nSPS) is 15.1. The topological polar surface area (TPSA) is 84.5 Å². The Labute approximate surface area is 209 Å². The Morgan fingerprint density at radius 1 is 1.37 bits per heavy atom. The minimum absolute atomic E-state index is 0.120. The highest BCUT2D eigenvalue weighted by Crippen LogP contribution is 2.27. The lowest BCUT2D eigenvalue weighted by atomic mass is 9.96. The van der Waals surface area contributed by atoms with Crippen molar-refractivity contribution in [1.82, 2.24) is 14.9 Å². The number of benzene rings is 1. The van der Waals surface area contributed by atoms with E-state index in [1.807, 2.05) is 6.92 Å². The number of nitrogens with zero attached hydrogens (tertiary/aromatic N) is 4. The molecule has 35 heavy (non-hydrogen) atoms.